The molecule has 0 aliphatic heterocycles. The van der Waals surface area contributed by atoms with E-state index in [1.54, 1.807) is 18.2 Å². The average molecular weight is 324 g/mol. The minimum atomic E-state index is -0.202. The van der Waals surface area contributed by atoms with Crippen molar-refractivity contribution in [1.82, 2.24) is 20.3 Å². The first-order valence-electron chi connectivity index (χ1n) is 8.48. The number of aromatic nitrogens is 3. The molecule has 2 aliphatic carbocycles. The zero-order valence-electron chi connectivity index (χ0n) is 13.4. The van der Waals surface area contributed by atoms with Gasteiger partial charge in [-0.2, -0.15) is 0 Å². The molecule has 1 fully saturated rings. The van der Waals surface area contributed by atoms with Gasteiger partial charge >= 0.3 is 0 Å². The first kappa shape index (κ1) is 15.1. The van der Waals surface area contributed by atoms with Crippen LogP contribution in [0.1, 0.15) is 19.3 Å². The zero-order chi connectivity index (χ0) is 16.5. The van der Waals surface area contributed by atoms with Gasteiger partial charge in [-0.25, -0.2) is 4.68 Å². The van der Waals surface area contributed by atoms with Crippen LogP contribution in [0.25, 0.3) is 10.9 Å². The third kappa shape index (κ3) is 2.84. The molecule has 4 rings (SSSR count). The van der Waals surface area contributed by atoms with Gasteiger partial charge in [0.2, 0.25) is 5.91 Å². The average Bonchev–Trinajstić information content (AvgIpc) is 3.22. The van der Waals surface area contributed by atoms with Crippen molar-refractivity contribution in [1.29, 1.82) is 0 Å². The minimum absolute atomic E-state index is 0.0383. The SMILES string of the molecule is O=C(CCn1nnc2ccccc2c1=O)NC[C@H]1C[C@H]2C=C[C@@H]1C2. The number of nitrogens with zero attached hydrogens (tertiary/aromatic N) is 3. The largest absolute Gasteiger partial charge is 0.356 e. The van der Waals surface area contributed by atoms with Gasteiger partial charge in [0.15, 0.2) is 0 Å². The number of hydrogen-bond acceptors (Lipinski definition) is 4. The second-order valence-corrected chi connectivity index (χ2v) is 6.73. The van der Waals surface area contributed by atoms with Crippen LogP contribution in [0.3, 0.4) is 0 Å². The fourth-order valence-corrected chi connectivity index (χ4v) is 3.84. The highest BCUT2D eigenvalue weighted by Crippen LogP contribution is 2.42. The Morgan fingerprint density at radius 3 is 2.92 bits per heavy atom. The Morgan fingerprint density at radius 2 is 2.12 bits per heavy atom. The lowest BCUT2D eigenvalue weighted by Crippen LogP contribution is -2.33. The molecule has 0 saturated heterocycles. The van der Waals surface area contributed by atoms with E-state index in [4.69, 9.17) is 0 Å². The Bertz CT molecular complexity index is 857. The highest BCUT2D eigenvalue weighted by atomic mass is 16.2. The molecule has 2 aliphatic rings. The van der Waals surface area contributed by atoms with Crippen molar-refractivity contribution in [2.45, 2.75) is 25.8 Å². The normalized spacial score (nSPS) is 24.6. The molecule has 1 saturated carbocycles. The molecule has 0 radical (unpaired) electrons. The summed E-state index contributed by atoms with van der Waals surface area (Å²) >= 11 is 0. The number of allylic oxidation sites excluding steroid dienone is 2. The maximum absolute atomic E-state index is 12.3. The summed E-state index contributed by atoms with van der Waals surface area (Å²) in [6, 6.07) is 7.10. The quantitative estimate of drug-likeness (QED) is 0.846. The molecule has 1 heterocycles. The number of benzene rings is 1. The van der Waals surface area contributed by atoms with E-state index in [-0.39, 0.29) is 24.4 Å². The van der Waals surface area contributed by atoms with E-state index < -0.39 is 0 Å². The van der Waals surface area contributed by atoms with Crippen LogP contribution in [-0.2, 0) is 11.3 Å². The van der Waals surface area contributed by atoms with Crippen LogP contribution in [-0.4, -0.2) is 27.4 Å². The van der Waals surface area contributed by atoms with Gasteiger partial charge in [0.25, 0.3) is 5.56 Å². The van der Waals surface area contributed by atoms with Gasteiger partial charge in [-0.1, -0.05) is 29.5 Å². The van der Waals surface area contributed by atoms with Gasteiger partial charge in [-0.05, 0) is 42.7 Å². The number of carbonyl (C=O) groups excluding carboxylic acids is 1. The van der Waals surface area contributed by atoms with Crippen molar-refractivity contribution in [3.8, 4) is 0 Å². The topological polar surface area (TPSA) is 76.9 Å². The van der Waals surface area contributed by atoms with E-state index in [0.29, 0.717) is 28.7 Å². The van der Waals surface area contributed by atoms with Gasteiger partial charge < -0.3 is 5.32 Å². The summed E-state index contributed by atoms with van der Waals surface area (Å²) in [4.78, 5) is 24.4. The van der Waals surface area contributed by atoms with Crippen LogP contribution in [0.2, 0.25) is 0 Å². The number of rotatable bonds is 5. The molecular formula is C18H20N4O2. The first-order valence-corrected chi connectivity index (χ1v) is 8.48. The molecule has 6 nitrogen and oxygen atoms in total. The van der Waals surface area contributed by atoms with Gasteiger partial charge in [0.05, 0.1) is 11.9 Å². The maximum Gasteiger partial charge on any atom is 0.277 e. The fraction of sp³-hybridized carbons (Fsp3) is 0.444. The highest BCUT2D eigenvalue weighted by molar-refractivity contribution is 5.77. The van der Waals surface area contributed by atoms with Crippen LogP contribution >= 0.6 is 0 Å². The van der Waals surface area contributed by atoms with E-state index in [2.05, 4.69) is 27.8 Å². The molecule has 24 heavy (non-hydrogen) atoms. The molecule has 1 N–H and O–H groups in total. The van der Waals surface area contributed by atoms with Crippen LogP contribution in [0.5, 0.6) is 0 Å². The minimum Gasteiger partial charge on any atom is -0.356 e. The van der Waals surface area contributed by atoms with Gasteiger partial charge in [0, 0.05) is 13.0 Å². The summed E-state index contributed by atoms with van der Waals surface area (Å²) in [5.41, 5.74) is 0.374. The summed E-state index contributed by atoms with van der Waals surface area (Å²) in [5, 5.41) is 11.5. The molecule has 2 aromatic rings. The molecule has 0 spiro atoms. The molecule has 1 aromatic heterocycles. The standard InChI is InChI=1S/C18H20N4O2/c23-17(19-11-14-10-12-5-6-13(14)9-12)7-8-22-18(24)15-3-1-2-4-16(15)20-21-22/h1-6,12-14H,7-11H2,(H,19,23)/t12-,13+,14+/m0/s1. The van der Waals surface area contributed by atoms with Crippen molar-refractivity contribution in [2.24, 2.45) is 17.8 Å². The molecule has 6 heteroatoms. The predicted octanol–water partition coefficient (Wildman–Crippen LogP) is 1.51. The van der Waals surface area contributed by atoms with Gasteiger partial charge in [0.1, 0.15) is 5.52 Å². The zero-order valence-corrected chi connectivity index (χ0v) is 13.4. The number of amides is 1. The second-order valence-electron chi connectivity index (χ2n) is 6.73. The monoisotopic (exact) mass is 324 g/mol. The number of aryl methyl sites for hydroxylation is 1. The Labute approximate surface area is 139 Å². The van der Waals surface area contributed by atoms with E-state index in [1.807, 2.05) is 6.07 Å². The molecule has 3 atom stereocenters. The molecular weight excluding hydrogens is 304 g/mol. The van der Waals surface area contributed by atoms with Crippen LogP contribution in [0.15, 0.2) is 41.2 Å². The van der Waals surface area contributed by atoms with Crippen LogP contribution < -0.4 is 10.9 Å². The number of fused-ring (bicyclic) bond motifs is 3. The lowest BCUT2D eigenvalue weighted by atomic mass is 9.93. The Hall–Kier alpha value is -2.50. The molecule has 1 aromatic carbocycles. The summed E-state index contributed by atoms with van der Waals surface area (Å²) in [5.74, 6) is 1.86. The third-order valence-corrected chi connectivity index (χ3v) is 5.16. The number of hydrogen-bond donors (Lipinski definition) is 1. The van der Waals surface area contributed by atoms with Crippen molar-refractivity contribution in [3.05, 3.63) is 46.8 Å². The number of carbonyl (C=O) groups is 1. The van der Waals surface area contributed by atoms with Crippen molar-refractivity contribution in [3.63, 3.8) is 0 Å². The Kier molecular flexibility index (Phi) is 3.88. The van der Waals surface area contributed by atoms with Crippen molar-refractivity contribution < 1.29 is 4.79 Å². The fourth-order valence-electron chi connectivity index (χ4n) is 3.84. The first-order chi connectivity index (χ1) is 11.7. The lowest BCUT2D eigenvalue weighted by Gasteiger charge is -2.18. The van der Waals surface area contributed by atoms with Gasteiger partial charge in [-0.15, -0.1) is 5.10 Å². The molecule has 124 valence electrons. The summed E-state index contributed by atoms with van der Waals surface area (Å²) in [6.07, 6.45) is 7.24. The van der Waals surface area contributed by atoms with Crippen LogP contribution in [0, 0.1) is 17.8 Å². The van der Waals surface area contributed by atoms with Crippen molar-refractivity contribution >= 4 is 16.8 Å². The number of nitrogens with one attached hydrogen (secondary N) is 1. The second kappa shape index (κ2) is 6.19. The smallest absolute Gasteiger partial charge is 0.277 e. The molecule has 0 unspecified atom stereocenters. The molecule has 1 amide bonds. The Balaban J connectivity index is 1.33. The lowest BCUT2D eigenvalue weighted by molar-refractivity contribution is -0.121. The van der Waals surface area contributed by atoms with E-state index in [1.165, 1.54) is 17.5 Å². The van der Waals surface area contributed by atoms with E-state index in [9.17, 15) is 9.59 Å². The van der Waals surface area contributed by atoms with E-state index >= 15 is 0 Å². The Morgan fingerprint density at radius 1 is 1.25 bits per heavy atom. The predicted molar refractivity (Wildman–Crippen MR) is 90.3 cm³/mol. The third-order valence-electron chi connectivity index (χ3n) is 5.16. The maximum atomic E-state index is 12.3. The van der Waals surface area contributed by atoms with E-state index in [0.717, 1.165) is 6.54 Å². The summed E-state index contributed by atoms with van der Waals surface area (Å²) in [6.45, 7) is 0.974. The van der Waals surface area contributed by atoms with Gasteiger partial charge in [-0.3, -0.25) is 9.59 Å². The summed E-state index contributed by atoms with van der Waals surface area (Å²) < 4.78 is 1.27. The van der Waals surface area contributed by atoms with Crippen LogP contribution in [0.4, 0.5) is 0 Å². The molecule has 2 bridgehead atoms. The summed E-state index contributed by atoms with van der Waals surface area (Å²) in [7, 11) is 0. The highest BCUT2D eigenvalue weighted by Gasteiger charge is 2.35. The van der Waals surface area contributed by atoms with Crippen molar-refractivity contribution in [2.75, 3.05) is 6.54 Å².